The summed E-state index contributed by atoms with van der Waals surface area (Å²) in [5, 5.41) is 5.61. The van der Waals surface area contributed by atoms with Crippen molar-refractivity contribution >= 4 is 60.7 Å². The minimum Gasteiger partial charge on any atom is -0.456 e. The van der Waals surface area contributed by atoms with E-state index in [4.69, 9.17) is 19.4 Å². The Morgan fingerprint density at radius 1 is 0.379 bits per heavy atom. The smallest absolute Gasteiger partial charge is 0.139 e. The Bertz CT molecular complexity index is 3260. The molecule has 0 fully saturated rings. The van der Waals surface area contributed by atoms with Gasteiger partial charge >= 0.3 is 0 Å². The quantitative estimate of drug-likeness (QED) is 0.163. The molecule has 0 aliphatic heterocycles. The molecular weight excluding hydrogens is 709 g/mol. The molecule has 0 amide bonds. The van der Waals surface area contributed by atoms with Crippen LogP contribution in [0.1, 0.15) is 0 Å². The number of para-hydroxylation sites is 1. The van der Waals surface area contributed by atoms with Crippen molar-refractivity contribution in [3.8, 4) is 44.9 Å². The second kappa shape index (κ2) is 14.0. The van der Waals surface area contributed by atoms with Gasteiger partial charge in [0.25, 0.3) is 0 Å². The van der Waals surface area contributed by atoms with Gasteiger partial charge in [-0.15, -0.1) is 0 Å². The maximum Gasteiger partial charge on any atom is 0.139 e. The summed E-state index contributed by atoms with van der Waals surface area (Å²) in [6, 6.07) is 67.8. The van der Waals surface area contributed by atoms with Gasteiger partial charge < -0.3 is 9.32 Å². The number of rotatable bonds is 7. The van der Waals surface area contributed by atoms with Crippen molar-refractivity contribution in [1.82, 2.24) is 15.0 Å². The first-order valence-corrected chi connectivity index (χ1v) is 19.4. The summed E-state index contributed by atoms with van der Waals surface area (Å²) in [7, 11) is 0. The van der Waals surface area contributed by atoms with E-state index in [1.165, 1.54) is 21.9 Å². The Labute approximate surface area is 335 Å². The van der Waals surface area contributed by atoms with E-state index in [1.807, 2.05) is 60.9 Å². The molecule has 0 radical (unpaired) electrons. The van der Waals surface area contributed by atoms with E-state index < -0.39 is 0 Å². The minimum absolute atomic E-state index is 0.830. The zero-order valence-corrected chi connectivity index (χ0v) is 31.3. The normalized spacial score (nSPS) is 11.4. The topological polar surface area (TPSA) is 55.1 Å². The summed E-state index contributed by atoms with van der Waals surface area (Å²) >= 11 is 0. The summed E-state index contributed by atoms with van der Waals surface area (Å²) in [4.78, 5) is 17.0. The molecule has 4 aromatic heterocycles. The zero-order chi connectivity index (χ0) is 38.4. The number of furan rings is 1. The summed E-state index contributed by atoms with van der Waals surface area (Å²) in [6.45, 7) is 0. The Morgan fingerprint density at radius 2 is 1.00 bits per heavy atom. The number of nitrogens with zero attached hydrogens (tertiary/aromatic N) is 4. The number of benzene rings is 7. The second-order valence-corrected chi connectivity index (χ2v) is 14.5. The number of fused-ring (bicyclic) bond motifs is 5. The Morgan fingerprint density at radius 3 is 1.76 bits per heavy atom. The van der Waals surface area contributed by atoms with E-state index in [0.29, 0.717) is 0 Å². The third-order valence-electron chi connectivity index (χ3n) is 10.9. The lowest BCUT2D eigenvalue weighted by atomic mass is 10.0. The average molecular weight is 743 g/mol. The first-order valence-electron chi connectivity index (χ1n) is 19.4. The first-order chi connectivity index (χ1) is 28.7. The molecule has 0 atom stereocenters. The maximum absolute atomic E-state index is 6.19. The lowest BCUT2D eigenvalue weighted by Crippen LogP contribution is -2.09. The molecule has 0 saturated heterocycles. The van der Waals surface area contributed by atoms with E-state index in [9.17, 15) is 0 Å². The molecule has 0 aliphatic carbocycles. The number of hydrogen-bond donors (Lipinski definition) is 0. The standard InChI is InChI=1S/C53H34N4O/c1-2-10-39(11-3-1)53-52-42(13-8-30-54-52)32-49(56-53)38-22-28-45(29-23-38)57(43-24-18-36(19-25-43)41-17-16-35-9-4-5-12-40(35)31-41)44-26-20-37(21-27-44)48-33-51-47(34-55-48)46-14-6-7-15-50(46)58-51/h1-34H. The zero-order valence-electron chi connectivity index (χ0n) is 31.3. The summed E-state index contributed by atoms with van der Waals surface area (Å²) in [5.74, 6) is 0. The van der Waals surface area contributed by atoms with Gasteiger partial charge in [0.1, 0.15) is 11.2 Å². The Balaban J connectivity index is 0.974. The molecule has 58 heavy (non-hydrogen) atoms. The number of aromatic nitrogens is 3. The van der Waals surface area contributed by atoms with E-state index in [0.717, 1.165) is 83.7 Å². The van der Waals surface area contributed by atoms with E-state index >= 15 is 0 Å². The fraction of sp³-hybridized carbons (Fsp3) is 0. The van der Waals surface area contributed by atoms with Crippen LogP contribution < -0.4 is 4.90 Å². The van der Waals surface area contributed by atoms with Crippen LogP contribution in [0, 0.1) is 0 Å². The number of pyridine rings is 3. The van der Waals surface area contributed by atoms with Crippen molar-refractivity contribution < 1.29 is 4.42 Å². The van der Waals surface area contributed by atoms with Gasteiger partial charge in [-0.05, 0) is 82.6 Å². The van der Waals surface area contributed by atoms with Crippen molar-refractivity contribution in [3.63, 3.8) is 0 Å². The fourth-order valence-electron chi connectivity index (χ4n) is 7.99. The van der Waals surface area contributed by atoms with Crippen LogP contribution in [0.3, 0.4) is 0 Å². The fourth-order valence-corrected chi connectivity index (χ4v) is 7.99. The van der Waals surface area contributed by atoms with E-state index in [1.54, 1.807) is 0 Å². The van der Waals surface area contributed by atoms with Gasteiger partial charge in [0.05, 0.1) is 22.6 Å². The molecule has 5 nitrogen and oxygen atoms in total. The van der Waals surface area contributed by atoms with Crippen LogP contribution in [0.2, 0.25) is 0 Å². The molecule has 5 heteroatoms. The molecule has 4 heterocycles. The van der Waals surface area contributed by atoms with E-state index in [2.05, 4.69) is 150 Å². The predicted octanol–water partition coefficient (Wildman–Crippen LogP) is 14.2. The van der Waals surface area contributed by atoms with Crippen molar-refractivity contribution in [1.29, 1.82) is 0 Å². The van der Waals surface area contributed by atoms with Crippen LogP contribution in [0.5, 0.6) is 0 Å². The van der Waals surface area contributed by atoms with Crippen LogP contribution in [0.25, 0.3) is 88.5 Å². The Kier molecular flexibility index (Phi) is 8.07. The monoisotopic (exact) mass is 742 g/mol. The van der Waals surface area contributed by atoms with Gasteiger partial charge in [0, 0.05) is 68.4 Å². The molecule has 272 valence electrons. The first kappa shape index (κ1) is 33.4. The maximum atomic E-state index is 6.19. The van der Waals surface area contributed by atoms with Gasteiger partial charge in [-0.2, -0.15) is 0 Å². The molecule has 0 unspecified atom stereocenters. The highest BCUT2D eigenvalue weighted by atomic mass is 16.3. The summed E-state index contributed by atoms with van der Waals surface area (Å²) in [6.07, 6.45) is 3.75. The van der Waals surface area contributed by atoms with Crippen LogP contribution in [-0.2, 0) is 0 Å². The molecule has 0 bridgehead atoms. The average Bonchev–Trinajstić information content (AvgIpc) is 3.68. The van der Waals surface area contributed by atoms with Gasteiger partial charge in [0.2, 0.25) is 0 Å². The molecule has 11 aromatic rings. The summed E-state index contributed by atoms with van der Waals surface area (Å²) in [5.41, 5.74) is 13.8. The van der Waals surface area contributed by atoms with Gasteiger partial charge in [0.15, 0.2) is 0 Å². The molecule has 0 aliphatic rings. The molecule has 0 saturated carbocycles. The molecular formula is C53H34N4O. The lowest BCUT2D eigenvalue weighted by molar-refractivity contribution is 0.668. The number of anilines is 3. The van der Waals surface area contributed by atoms with Crippen molar-refractivity contribution in [2.24, 2.45) is 0 Å². The third-order valence-corrected chi connectivity index (χ3v) is 10.9. The van der Waals surface area contributed by atoms with Crippen LogP contribution in [0.4, 0.5) is 17.1 Å². The lowest BCUT2D eigenvalue weighted by Gasteiger charge is -2.26. The highest BCUT2D eigenvalue weighted by molar-refractivity contribution is 6.05. The van der Waals surface area contributed by atoms with Crippen molar-refractivity contribution in [2.75, 3.05) is 4.90 Å². The van der Waals surface area contributed by atoms with Gasteiger partial charge in [-0.25, -0.2) is 4.98 Å². The van der Waals surface area contributed by atoms with Crippen LogP contribution in [-0.4, -0.2) is 15.0 Å². The highest BCUT2D eigenvalue weighted by Crippen LogP contribution is 2.39. The van der Waals surface area contributed by atoms with Crippen molar-refractivity contribution in [2.45, 2.75) is 0 Å². The SMILES string of the molecule is c1ccc(-c2nc(-c3ccc(N(c4ccc(-c5ccc6ccccc6c5)cc4)c4ccc(-c5cc6oc7ccccc7c6cn5)cc4)cc3)cc3cccnc23)cc1. The van der Waals surface area contributed by atoms with Crippen LogP contribution >= 0.6 is 0 Å². The second-order valence-electron chi connectivity index (χ2n) is 14.5. The van der Waals surface area contributed by atoms with Crippen LogP contribution in [0.15, 0.2) is 211 Å². The third kappa shape index (κ3) is 6.03. The summed E-state index contributed by atoms with van der Waals surface area (Å²) < 4.78 is 6.19. The number of hydrogen-bond acceptors (Lipinski definition) is 5. The Hall–Kier alpha value is -7.89. The predicted molar refractivity (Wildman–Crippen MR) is 239 cm³/mol. The molecule has 7 aromatic carbocycles. The highest BCUT2D eigenvalue weighted by Gasteiger charge is 2.16. The molecule has 0 N–H and O–H groups in total. The van der Waals surface area contributed by atoms with Gasteiger partial charge in [-0.3, -0.25) is 9.97 Å². The molecule has 11 rings (SSSR count). The molecule has 0 spiro atoms. The van der Waals surface area contributed by atoms with E-state index in [-0.39, 0.29) is 0 Å². The van der Waals surface area contributed by atoms with Crippen molar-refractivity contribution in [3.05, 3.63) is 207 Å². The largest absolute Gasteiger partial charge is 0.456 e. The van der Waals surface area contributed by atoms with Gasteiger partial charge in [-0.1, -0.05) is 127 Å². The minimum atomic E-state index is 0.830.